The Kier molecular flexibility index (Phi) is 5.90. The number of hydrogen-bond donors (Lipinski definition) is 3. The van der Waals surface area contributed by atoms with Gasteiger partial charge < -0.3 is 25.4 Å². The van der Waals surface area contributed by atoms with Crippen LogP contribution in [0.4, 0.5) is 5.69 Å². The number of nitrogens with two attached hydrogens (primary N) is 1. The summed E-state index contributed by atoms with van der Waals surface area (Å²) >= 11 is 0. The SMILES string of the molecule is C[C@@H](C(=O)Nc1ccc(C(N)=O)cc1)[NH+]1CCC[C@@H]1c1ccc2c(c1)OCCCO2. The van der Waals surface area contributed by atoms with E-state index in [4.69, 9.17) is 15.2 Å². The molecular weight excluding hydrogens is 382 g/mol. The molecule has 4 N–H and O–H groups in total. The van der Waals surface area contributed by atoms with Gasteiger partial charge in [-0.1, -0.05) is 0 Å². The molecule has 7 heteroatoms. The fourth-order valence-electron chi connectivity index (χ4n) is 4.30. The van der Waals surface area contributed by atoms with Gasteiger partial charge in [-0.25, -0.2) is 0 Å². The predicted octanol–water partition coefficient (Wildman–Crippen LogP) is 1.69. The van der Waals surface area contributed by atoms with Crippen LogP contribution in [-0.4, -0.2) is 37.6 Å². The van der Waals surface area contributed by atoms with E-state index in [1.54, 1.807) is 24.3 Å². The van der Waals surface area contributed by atoms with Gasteiger partial charge in [0, 0.05) is 36.1 Å². The highest BCUT2D eigenvalue weighted by molar-refractivity contribution is 5.95. The number of hydrogen-bond acceptors (Lipinski definition) is 4. The number of anilines is 1. The number of carbonyl (C=O) groups excluding carboxylic acids is 2. The molecule has 158 valence electrons. The summed E-state index contributed by atoms with van der Waals surface area (Å²) in [6, 6.07) is 12.8. The molecular formula is C23H28N3O4+. The van der Waals surface area contributed by atoms with Crippen molar-refractivity contribution in [3.05, 3.63) is 53.6 Å². The molecule has 0 spiro atoms. The van der Waals surface area contributed by atoms with Crippen molar-refractivity contribution in [1.29, 1.82) is 0 Å². The van der Waals surface area contributed by atoms with E-state index in [-0.39, 0.29) is 18.0 Å². The highest BCUT2D eigenvalue weighted by Crippen LogP contribution is 2.33. The molecule has 30 heavy (non-hydrogen) atoms. The molecule has 7 nitrogen and oxygen atoms in total. The zero-order valence-electron chi connectivity index (χ0n) is 17.1. The molecule has 2 aliphatic heterocycles. The van der Waals surface area contributed by atoms with Crippen molar-refractivity contribution in [2.45, 2.75) is 38.3 Å². The lowest BCUT2D eigenvalue weighted by atomic mass is 10.0. The molecule has 0 radical (unpaired) electrons. The van der Waals surface area contributed by atoms with Crippen molar-refractivity contribution < 1.29 is 24.0 Å². The van der Waals surface area contributed by atoms with Gasteiger partial charge in [-0.05, 0) is 49.4 Å². The van der Waals surface area contributed by atoms with Crippen LogP contribution in [0.15, 0.2) is 42.5 Å². The summed E-state index contributed by atoms with van der Waals surface area (Å²) in [6.45, 7) is 4.23. The second-order valence-corrected chi connectivity index (χ2v) is 7.93. The zero-order chi connectivity index (χ0) is 21.1. The lowest BCUT2D eigenvalue weighted by molar-refractivity contribution is -0.932. The van der Waals surface area contributed by atoms with Crippen LogP contribution in [0, 0.1) is 0 Å². The van der Waals surface area contributed by atoms with Gasteiger partial charge in [0.15, 0.2) is 17.5 Å². The molecule has 2 amide bonds. The van der Waals surface area contributed by atoms with E-state index in [0.717, 1.165) is 37.3 Å². The maximum Gasteiger partial charge on any atom is 0.282 e. The molecule has 4 rings (SSSR count). The first-order valence-electron chi connectivity index (χ1n) is 10.5. The number of amides is 2. The van der Waals surface area contributed by atoms with E-state index >= 15 is 0 Å². The van der Waals surface area contributed by atoms with Crippen LogP contribution in [0.2, 0.25) is 0 Å². The zero-order valence-corrected chi connectivity index (χ0v) is 17.1. The third-order valence-electron chi connectivity index (χ3n) is 5.97. The third-order valence-corrected chi connectivity index (χ3v) is 5.97. The van der Waals surface area contributed by atoms with E-state index in [2.05, 4.69) is 17.4 Å². The van der Waals surface area contributed by atoms with Crippen LogP contribution >= 0.6 is 0 Å². The topological polar surface area (TPSA) is 95.1 Å². The summed E-state index contributed by atoms with van der Waals surface area (Å²) in [5.41, 5.74) is 7.52. The number of quaternary nitrogens is 1. The first kappa shape index (κ1) is 20.2. The summed E-state index contributed by atoms with van der Waals surface area (Å²) in [5.74, 6) is 1.06. The van der Waals surface area contributed by atoms with Gasteiger partial charge in [0.2, 0.25) is 5.91 Å². The number of nitrogens with one attached hydrogen (secondary N) is 2. The van der Waals surface area contributed by atoms with Crippen LogP contribution in [0.25, 0.3) is 0 Å². The van der Waals surface area contributed by atoms with Crippen molar-refractivity contribution in [2.24, 2.45) is 5.73 Å². The first-order valence-corrected chi connectivity index (χ1v) is 10.5. The van der Waals surface area contributed by atoms with E-state index in [1.165, 1.54) is 10.5 Å². The molecule has 1 fully saturated rings. The fourth-order valence-corrected chi connectivity index (χ4v) is 4.30. The van der Waals surface area contributed by atoms with Crippen molar-refractivity contribution in [1.82, 2.24) is 0 Å². The normalized spacial score (nSPS) is 21.5. The van der Waals surface area contributed by atoms with E-state index < -0.39 is 5.91 Å². The number of primary amides is 1. The first-order chi connectivity index (χ1) is 14.5. The monoisotopic (exact) mass is 410 g/mol. The quantitative estimate of drug-likeness (QED) is 0.699. The average Bonchev–Trinajstić information content (AvgIpc) is 3.12. The second-order valence-electron chi connectivity index (χ2n) is 7.93. The fraction of sp³-hybridized carbons (Fsp3) is 0.391. The number of benzene rings is 2. The lowest BCUT2D eigenvalue weighted by Crippen LogP contribution is -3.15. The van der Waals surface area contributed by atoms with Gasteiger partial charge in [0.05, 0.1) is 19.8 Å². The Morgan fingerprint density at radius 1 is 1.07 bits per heavy atom. The third kappa shape index (κ3) is 4.26. The number of ether oxygens (including phenoxy) is 2. The van der Waals surface area contributed by atoms with E-state index in [9.17, 15) is 9.59 Å². The van der Waals surface area contributed by atoms with Gasteiger partial charge in [0.1, 0.15) is 6.04 Å². The Hall–Kier alpha value is -3.06. The van der Waals surface area contributed by atoms with Crippen LogP contribution in [0.3, 0.4) is 0 Å². The minimum Gasteiger partial charge on any atom is -0.490 e. The number of rotatable bonds is 5. The largest absolute Gasteiger partial charge is 0.490 e. The van der Waals surface area contributed by atoms with Crippen molar-refractivity contribution >= 4 is 17.5 Å². The van der Waals surface area contributed by atoms with Gasteiger partial charge >= 0.3 is 0 Å². The van der Waals surface area contributed by atoms with Crippen LogP contribution in [-0.2, 0) is 4.79 Å². The lowest BCUT2D eigenvalue weighted by Gasteiger charge is -2.27. The molecule has 1 unspecified atom stereocenters. The van der Waals surface area contributed by atoms with Crippen molar-refractivity contribution in [2.75, 3.05) is 25.1 Å². The summed E-state index contributed by atoms with van der Waals surface area (Å²) in [5, 5.41) is 2.96. The van der Waals surface area contributed by atoms with Crippen LogP contribution in [0.1, 0.15) is 48.1 Å². The molecule has 3 atom stereocenters. The Morgan fingerprint density at radius 2 is 1.80 bits per heavy atom. The maximum atomic E-state index is 12.9. The molecule has 0 aromatic heterocycles. The molecule has 0 saturated carbocycles. The van der Waals surface area contributed by atoms with Gasteiger partial charge in [-0.3, -0.25) is 9.59 Å². The molecule has 2 aromatic rings. The van der Waals surface area contributed by atoms with E-state index in [0.29, 0.717) is 24.5 Å². The number of fused-ring (bicyclic) bond motifs is 1. The summed E-state index contributed by atoms with van der Waals surface area (Å²) in [7, 11) is 0. The standard InChI is InChI=1S/C23H27N3O4/c1-15(23(28)25-18-8-5-16(6-9-18)22(24)27)26-11-2-4-19(26)17-7-10-20-21(14-17)30-13-3-12-29-20/h5-10,14-15,19H,2-4,11-13H2,1H3,(H2,24,27)(H,25,28)/p+1/t15-,19+/m0/s1. The second kappa shape index (κ2) is 8.75. The Balaban J connectivity index is 1.46. The Bertz CT molecular complexity index is 929. The predicted molar refractivity (Wildman–Crippen MR) is 113 cm³/mol. The molecule has 1 saturated heterocycles. The summed E-state index contributed by atoms with van der Waals surface area (Å²) in [4.78, 5) is 25.4. The molecule has 0 bridgehead atoms. The smallest absolute Gasteiger partial charge is 0.282 e. The average molecular weight is 410 g/mol. The van der Waals surface area contributed by atoms with Crippen LogP contribution in [0.5, 0.6) is 11.5 Å². The van der Waals surface area contributed by atoms with Crippen LogP contribution < -0.4 is 25.4 Å². The van der Waals surface area contributed by atoms with E-state index in [1.807, 2.05) is 13.0 Å². The molecule has 2 aromatic carbocycles. The molecule has 2 heterocycles. The molecule has 0 aliphatic carbocycles. The van der Waals surface area contributed by atoms with Crippen molar-refractivity contribution in [3.63, 3.8) is 0 Å². The van der Waals surface area contributed by atoms with Gasteiger partial charge in [-0.2, -0.15) is 0 Å². The Morgan fingerprint density at radius 3 is 2.53 bits per heavy atom. The number of carbonyl (C=O) groups is 2. The minimum atomic E-state index is -0.485. The van der Waals surface area contributed by atoms with Gasteiger partial charge in [-0.15, -0.1) is 0 Å². The summed E-state index contributed by atoms with van der Waals surface area (Å²) in [6.07, 6.45) is 2.97. The highest BCUT2D eigenvalue weighted by atomic mass is 16.5. The highest BCUT2D eigenvalue weighted by Gasteiger charge is 2.37. The Labute approximate surface area is 176 Å². The van der Waals surface area contributed by atoms with Gasteiger partial charge in [0.25, 0.3) is 5.91 Å². The summed E-state index contributed by atoms with van der Waals surface area (Å²) < 4.78 is 11.6. The molecule has 2 aliphatic rings. The minimum absolute atomic E-state index is 0.0435. The van der Waals surface area contributed by atoms with Crippen molar-refractivity contribution in [3.8, 4) is 11.5 Å². The maximum absolute atomic E-state index is 12.9. The number of likely N-dealkylation sites (tertiary alicyclic amines) is 1.